The number of hydrogen-bond acceptors (Lipinski definition) is 3. The van der Waals surface area contributed by atoms with Crippen molar-refractivity contribution in [1.82, 2.24) is 4.72 Å². The smallest absolute Gasteiger partial charge is 0.240 e. The van der Waals surface area contributed by atoms with Crippen LogP contribution in [0.3, 0.4) is 0 Å². The average molecular weight is 307 g/mol. The van der Waals surface area contributed by atoms with Crippen molar-refractivity contribution in [3.63, 3.8) is 0 Å². The van der Waals surface area contributed by atoms with Crippen LogP contribution in [0, 0.1) is 17.8 Å². The SMILES string of the molecule is CC1CCCC(NS(=O)(=O)c2ccc(C#CCO)cc2)C1. The van der Waals surface area contributed by atoms with Crippen LogP contribution in [0.5, 0.6) is 0 Å². The maximum absolute atomic E-state index is 12.3. The maximum atomic E-state index is 12.3. The van der Waals surface area contributed by atoms with Gasteiger partial charge in [0, 0.05) is 11.6 Å². The van der Waals surface area contributed by atoms with Gasteiger partial charge < -0.3 is 5.11 Å². The van der Waals surface area contributed by atoms with E-state index in [4.69, 9.17) is 5.11 Å². The molecule has 0 heterocycles. The minimum absolute atomic E-state index is 0.0348. The lowest BCUT2D eigenvalue weighted by Gasteiger charge is -2.27. The van der Waals surface area contributed by atoms with Gasteiger partial charge in [-0.2, -0.15) is 0 Å². The highest BCUT2D eigenvalue weighted by atomic mass is 32.2. The van der Waals surface area contributed by atoms with Crippen molar-refractivity contribution in [3.05, 3.63) is 29.8 Å². The number of benzene rings is 1. The van der Waals surface area contributed by atoms with Crippen molar-refractivity contribution < 1.29 is 13.5 Å². The zero-order valence-electron chi connectivity index (χ0n) is 12.2. The van der Waals surface area contributed by atoms with Gasteiger partial charge in [-0.15, -0.1) is 0 Å². The Balaban J connectivity index is 2.08. The molecule has 1 fully saturated rings. The largest absolute Gasteiger partial charge is 0.384 e. The molecule has 1 aliphatic rings. The monoisotopic (exact) mass is 307 g/mol. The molecule has 0 amide bonds. The van der Waals surface area contributed by atoms with E-state index >= 15 is 0 Å². The van der Waals surface area contributed by atoms with E-state index in [2.05, 4.69) is 23.5 Å². The Bertz CT molecular complexity index is 626. The molecular formula is C16H21NO3S. The van der Waals surface area contributed by atoms with E-state index < -0.39 is 10.0 Å². The molecule has 0 saturated heterocycles. The average Bonchev–Trinajstić information content (AvgIpc) is 2.45. The fourth-order valence-corrected chi connectivity index (χ4v) is 3.97. The Hall–Kier alpha value is -1.35. The standard InChI is InChI=1S/C16H21NO3S/c1-13-4-2-6-15(12-13)17-21(19,20)16-9-7-14(8-10-16)5-3-11-18/h7-10,13,15,17-18H,2,4,6,11-12H2,1H3. The molecular weight excluding hydrogens is 286 g/mol. The summed E-state index contributed by atoms with van der Waals surface area (Å²) in [4.78, 5) is 0.260. The first-order valence-corrected chi connectivity index (χ1v) is 8.71. The Kier molecular flexibility index (Phi) is 5.40. The first-order chi connectivity index (χ1) is 10.0. The predicted octanol–water partition coefficient (Wildman–Crippen LogP) is 1.89. The fourth-order valence-electron chi connectivity index (χ4n) is 2.69. The Morgan fingerprint density at radius 3 is 2.62 bits per heavy atom. The topological polar surface area (TPSA) is 66.4 Å². The Labute approximate surface area is 126 Å². The second-order valence-corrected chi connectivity index (χ2v) is 7.29. The minimum Gasteiger partial charge on any atom is -0.384 e. The van der Waals surface area contributed by atoms with Crippen LogP contribution in [0.1, 0.15) is 38.2 Å². The van der Waals surface area contributed by atoms with Crippen molar-refractivity contribution in [2.75, 3.05) is 6.61 Å². The van der Waals surface area contributed by atoms with Crippen molar-refractivity contribution in [1.29, 1.82) is 0 Å². The summed E-state index contributed by atoms with van der Waals surface area (Å²) in [6.07, 6.45) is 4.06. The summed E-state index contributed by atoms with van der Waals surface area (Å²) >= 11 is 0. The van der Waals surface area contributed by atoms with Gasteiger partial charge in [0.05, 0.1) is 4.90 Å². The van der Waals surface area contributed by atoms with Crippen molar-refractivity contribution in [3.8, 4) is 11.8 Å². The Morgan fingerprint density at radius 1 is 1.29 bits per heavy atom. The zero-order valence-corrected chi connectivity index (χ0v) is 13.0. The molecule has 21 heavy (non-hydrogen) atoms. The molecule has 1 aliphatic carbocycles. The molecule has 0 radical (unpaired) electrons. The van der Waals surface area contributed by atoms with Gasteiger partial charge in [0.1, 0.15) is 6.61 Å². The molecule has 2 rings (SSSR count). The molecule has 1 aromatic carbocycles. The zero-order chi connectivity index (χ0) is 15.3. The summed E-state index contributed by atoms with van der Waals surface area (Å²) in [5, 5.41) is 8.64. The molecule has 2 N–H and O–H groups in total. The molecule has 2 atom stereocenters. The lowest BCUT2D eigenvalue weighted by atomic mass is 9.88. The predicted molar refractivity (Wildman–Crippen MR) is 82.1 cm³/mol. The van der Waals surface area contributed by atoms with Crippen LogP contribution >= 0.6 is 0 Å². The van der Waals surface area contributed by atoms with E-state index in [1.807, 2.05) is 0 Å². The van der Waals surface area contributed by atoms with Crippen LogP contribution in [0.25, 0.3) is 0 Å². The number of aliphatic hydroxyl groups is 1. The molecule has 114 valence electrons. The number of nitrogens with one attached hydrogen (secondary N) is 1. The lowest BCUT2D eigenvalue weighted by molar-refractivity contribution is 0.327. The number of rotatable bonds is 3. The van der Waals surface area contributed by atoms with E-state index in [9.17, 15) is 8.42 Å². The van der Waals surface area contributed by atoms with Gasteiger partial charge in [-0.3, -0.25) is 0 Å². The van der Waals surface area contributed by atoms with E-state index in [-0.39, 0.29) is 17.5 Å². The third-order valence-corrected chi connectivity index (χ3v) is 5.27. The van der Waals surface area contributed by atoms with Crippen LogP contribution in [-0.4, -0.2) is 26.2 Å². The molecule has 5 heteroatoms. The van der Waals surface area contributed by atoms with Crippen molar-refractivity contribution in [2.45, 2.75) is 43.5 Å². The molecule has 0 bridgehead atoms. The van der Waals surface area contributed by atoms with E-state index in [0.29, 0.717) is 11.5 Å². The van der Waals surface area contributed by atoms with Crippen LogP contribution in [0.2, 0.25) is 0 Å². The van der Waals surface area contributed by atoms with Crippen LogP contribution in [0.15, 0.2) is 29.2 Å². The summed E-state index contributed by atoms with van der Waals surface area (Å²) in [5.74, 6) is 5.85. The van der Waals surface area contributed by atoms with Crippen LogP contribution in [-0.2, 0) is 10.0 Å². The number of hydrogen-bond donors (Lipinski definition) is 2. The van der Waals surface area contributed by atoms with Gasteiger partial charge in [0.25, 0.3) is 0 Å². The highest BCUT2D eigenvalue weighted by molar-refractivity contribution is 7.89. The van der Waals surface area contributed by atoms with Crippen molar-refractivity contribution in [2.24, 2.45) is 5.92 Å². The highest BCUT2D eigenvalue weighted by Crippen LogP contribution is 2.24. The van der Waals surface area contributed by atoms with Crippen LogP contribution < -0.4 is 4.72 Å². The van der Waals surface area contributed by atoms with Crippen molar-refractivity contribution >= 4 is 10.0 Å². The van der Waals surface area contributed by atoms with Crippen LogP contribution in [0.4, 0.5) is 0 Å². The first kappa shape index (κ1) is 16.0. The van der Waals surface area contributed by atoms with Gasteiger partial charge in [0.15, 0.2) is 0 Å². The molecule has 1 saturated carbocycles. The molecule has 2 unspecified atom stereocenters. The van der Waals surface area contributed by atoms with Gasteiger partial charge in [-0.25, -0.2) is 13.1 Å². The second-order valence-electron chi connectivity index (χ2n) is 5.57. The molecule has 0 spiro atoms. The van der Waals surface area contributed by atoms with E-state index in [1.54, 1.807) is 24.3 Å². The summed E-state index contributed by atoms with van der Waals surface area (Å²) < 4.78 is 27.5. The maximum Gasteiger partial charge on any atom is 0.240 e. The summed E-state index contributed by atoms with van der Waals surface area (Å²) in [6, 6.07) is 6.44. The normalized spacial score (nSPS) is 22.4. The summed E-state index contributed by atoms with van der Waals surface area (Å²) in [7, 11) is -3.47. The molecule has 4 nitrogen and oxygen atoms in total. The summed E-state index contributed by atoms with van der Waals surface area (Å²) in [6.45, 7) is 1.95. The fraction of sp³-hybridized carbons (Fsp3) is 0.500. The second kappa shape index (κ2) is 7.08. The molecule has 1 aromatic rings. The van der Waals surface area contributed by atoms with Gasteiger partial charge in [-0.1, -0.05) is 31.6 Å². The van der Waals surface area contributed by atoms with E-state index in [1.165, 1.54) is 6.42 Å². The lowest BCUT2D eigenvalue weighted by Crippen LogP contribution is -2.37. The first-order valence-electron chi connectivity index (χ1n) is 7.23. The third kappa shape index (κ3) is 4.57. The van der Waals surface area contributed by atoms with Gasteiger partial charge >= 0.3 is 0 Å². The quantitative estimate of drug-likeness (QED) is 0.838. The number of aliphatic hydroxyl groups excluding tert-OH is 1. The highest BCUT2D eigenvalue weighted by Gasteiger charge is 2.24. The van der Waals surface area contributed by atoms with E-state index in [0.717, 1.165) is 19.3 Å². The number of sulfonamides is 1. The third-order valence-electron chi connectivity index (χ3n) is 3.73. The van der Waals surface area contributed by atoms with Gasteiger partial charge in [-0.05, 0) is 43.0 Å². The van der Waals surface area contributed by atoms with Gasteiger partial charge in [0.2, 0.25) is 10.0 Å². The Morgan fingerprint density at radius 2 is 2.00 bits per heavy atom. The minimum atomic E-state index is -3.47. The summed E-state index contributed by atoms with van der Waals surface area (Å²) in [5.41, 5.74) is 0.689. The molecule has 0 aliphatic heterocycles. The molecule has 0 aromatic heterocycles.